The molecule has 2 fully saturated rings. The predicted molar refractivity (Wildman–Crippen MR) is 228 cm³/mol. The quantitative estimate of drug-likeness (QED) is 0.0537. The van der Waals surface area contributed by atoms with E-state index in [1.165, 1.54) is 0 Å². The molecule has 0 N–H and O–H groups in total. The molecule has 0 radical (unpaired) electrons. The van der Waals surface area contributed by atoms with Crippen LogP contribution in [-0.4, -0.2) is 47.8 Å². The lowest BCUT2D eigenvalue weighted by atomic mass is 10.2. The summed E-state index contributed by atoms with van der Waals surface area (Å²) < 4.78 is 60.2. The highest BCUT2D eigenvalue weighted by Gasteiger charge is 2.58. The molecule has 0 saturated carbocycles. The van der Waals surface area contributed by atoms with Crippen LogP contribution < -0.4 is 27.8 Å². The van der Waals surface area contributed by atoms with E-state index in [2.05, 4.69) is 0 Å². The molecular formula is C44H42N3O10P3. The molecule has 0 bridgehead atoms. The predicted octanol–water partition coefficient (Wildman–Crippen LogP) is 11.1. The van der Waals surface area contributed by atoms with E-state index in [-0.39, 0.29) is 25.4 Å². The lowest BCUT2D eigenvalue weighted by Crippen LogP contribution is -2.37. The van der Waals surface area contributed by atoms with Gasteiger partial charge in [-0.3, -0.25) is 0 Å². The van der Waals surface area contributed by atoms with Crippen molar-refractivity contribution in [3.63, 3.8) is 0 Å². The Morgan fingerprint density at radius 1 is 0.517 bits per heavy atom. The average Bonchev–Trinajstić information content (AvgIpc) is 4.24. The van der Waals surface area contributed by atoms with Crippen molar-refractivity contribution < 1.29 is 46.7 Å². The maximum Gasteiger partial charge on any atom is 0.447 e. The SMILES string of the molecule is c1ccc(ON2P(Oc3ccccc3)N=P(Oc3ccccc3COCC3CO3)(Oc3ccccc3COCC3CO3)N(Oc3ccccc3)P2Oc2ccccc2)cc1. The zero-order valence-electron chi connectivity index (χ0n) is 32.3. The smallest absolute Gasteiger partial charge is 0.440 e. The molecule has 60 heavy (non-hydrogen) atoms. The minimum absolute atomic E-state index is 0.0848. The maximum absolute atomic E-state index is 7.32. The highest BCUT2D eigenvalue weighted by molar-refractivity contribution is 7.78. The molecule has 0 spiro atoms. The minimum atomic E-state index is -4.01. The molecule has 13 nitrogen and oxygen atoms in total. The van der Waals surface area contributed by atoms with Gasteiger partial charge in [0.15, 0.2) is 0 Å². The molecule has 6 aromatic carbocycles. The molecule has 308 valence electrons. The largest absolute Gasteiger partial charge is 0.447 e. The Hall–Kier alpha value is -5.03. The lowest BCUT2D eigenvalue weighted by molar-refractivity contribution is 0.0540. The van der Waals surface area contributed by atoms with Crippen LogP contribution in [0.5, 0.6) is 34.5 Å². The highest BCUT2D eigenvalue weighted by atomic mass is 31.3. The Balaban J connectivity index is 1.24. The van der Waals surface area contributed by atoms with Crippen molar-refractivity contribution in [1.82, 2.24) is 9.21 Å². The first kappa shape index (κ1) is 40.4. The van der Waals surface area contributed by atoms with Gasteiger partial charge in [0.25, 0.3) is 0 Å². The number of rotatable bonds is 20. The second kappa shape index (κ2) is 19.6. The van der Waals surface area contributed by atoms with Crippen molar-refractivity contribution in [2.75, 3.05) is 26.4 Å². The summed E-state index contributed by atoms with van der Waals surface area (Å²) in [4.78, 5) is 13.7. The molecule has 6 aromatic rings. The van der Waals surface area contributed by atoms with Crippen LogP contribution in [-0.2, 0) is 32.2 Å². The summed E-state index contributed by atoms with van der Waals surface area (Å²) in [5.41, 5.74) is 1.53. The summed E-state index contributed by atoms with van der Waals surface area (Å²) in [6.07, 6.45) is 0.170. The van der Waals surface area contributed by atoms with Crippen LogP contribution in [0.15, 0.2) is 174 Å². The van der Waals surface area contributed by atoms with Crippen LogP contribution in [0, 0.1) is 0 Å². The van der Waals surface area contributed by atoms with Gasteiger partial charge in [-0.25, -0.2) is 0 Å². The normalized spacial score (nSPS) is 22.2. The first-order valence-electron chi connectivity index (χ1n) is 19.4. The van der Waals surface area contributed by atoms with Gasteiger partial charge >= 0.3 is 24.6 Å². The number of hydrogen-bond acceptors (Lipinski definition) is 13. The van der Waals surface area contributed by atoms with E-state index in [9.17, 15) is 0 Å². The van der Waals surface area contributed by atoms with Gasteiger partial charge in [0.1, 0.15) is 46.7 Å². The number of hydrogen-bond donors (Lipinski definition) is 0. The van der Waals surface area contributed by atoms with Crippen LogP contribution in [0.2, 0.25) is 0 Å². The van der Waals surface area contributed by atoms with Crippen LogP contribution in [0.3, 0.4) is 0 Å². The van der Waals surface area contributed by atoms with Crippen molar-refractivity contribution >= 4 is 24.6 Å². The van der Waals surface area contributed by atoms with E-state index in [0.29, 0.717) is 60.9 Å². The molecule has 0 aliphatic carbocycles. The van der Waals surface area contributed by atoms with Crippen molar-refractivity contribution in [2.24, 2.45) is 4.52 Å². The Labute approximate surface area is 351 Å². The third-order valence-corrected chi connectivity index (χ3v) is 15.7. The average molecular weight is 866 g/mol. The monoisotopic (exact) mass is 865 g/mol. The van der Waals surface area contributed by atoms with Gasteiger partial charge in [-0.15, -0.1) is 4.52 Å². The topological polar surface area (TPSA) is 118 Å². The number of epoxide rings is 2. The summed E-state index contributed by atoms with van der Waals surface area (Å²) in [5.74, 6) is 3.02. The van der Waals surface area contributed by atoms with Gasteiger partial charge in [-0.1, -0.05) is 109 Å². The van der Waals surface area contributed by atoms with Crippen LogP contribution in [0.4, 0.5) is 0 Å². The Morgan fingerprint density at radius 2 is 0.933 bits per heavy atom. The van der Waals surface area contributed by atoms with E-state index in [0.717, 1.165) is 11.1 Å². The Bertz CT molecular complexity index is 2260. The zero-order chi connectivity index (χ0) is 40.4. The van der Waals surface area contributed by atoms with E-state index in [1.807, 2.05) is 170 Å². The van der Waals surface area contributed by atoms with Gasteiger partial charge in [0, 0.05) is 20.3 Å². The van der Waals surface area contributed by atoms with E-state index in [1.54, 1.807) is 9.21 Å². The molecule has 0 aromatic heterocycles. The summed E-state index contributed by atoms with van der Waals surface area (Å²) in [6.45, 7) is 2.76. The van der Waals surface area contributed by atoms with Crippen molar-refractivity contribution in [3.05, 3.63) is 181 Å². The second-order valence-electron chi connectivity index (χ2n) is 13.5. The fourth-order valence-corrected chi connectivity index (χ4v) is 13.3. The molecule has 4 atom stereocenters. The highest BCUT2D eigenvalue weighted by Crippen LogP contribution is 2.78. The molecule has 16 heteroatoms. The number of ether oxygens (including phenoxy) is 4. The minimum Gasteiger partial charge on any atom is -0.440 e. The van der Waals surface area contributed by atoms with Crippen LogP contribution >= 0.6 is 24.6 Å². The number of para-hydroxylation sites is 6. The summed E-state index contributed by atoms with van der Waals surface area (Å²) in [7, 11) is -8.42. The van der Waals surface area contributed by atoms with Crippen LogP contribution in [0.1, 0.15) is 11.1 Å². The molecule has 2 saturated heterocycles. The molecule has 0 amide bonds. The van der Waals surface area contributed by atoms with Crippen molar-refractivity contribution in [3.8, 4) is 34.5 Å². The first-order valence-corrected chi connectivity index (χ1v) is 23.2. The standard InChI is InChI=1S/C44H42N3O10P3/c1-5-19-37(20-6-1)52-46-58(54-39-23-9-3-10-24-39)45-60(56-43-27-15-13-17-35(43)29-48-31-41-33-50-41,57-44-28-16-14-18-36(44)30-49-32-42-34-51-42)47(53-38-21-7-2-8-22-38)59(46)55-40-25-11-4-12-26-40/h1-28,41-42H,29-34H2. The van der Waals surface area contributed by atoms with Gasteiger partial charge in [0.05, 0.1) is 39.6 Å². The summed E-state index contributed by atoms with van der Waals surface area (Å²) in [5, 5.41) is 0. The molecule has 3 aliphatic heterocycles. The Kier molecular flexibility index (Phi) is 13.2. The lowest BCUT2D eigenvalue weighted by Gasteiger charge is -2.44. The first-order chi connectivity index (χ1) is 29.7. The maximum atomic E-state index is 7.32. The molecule has 9 rings (SSSR count). The molecule has 4 unspecified atom stereocenters. The third kappa shape index (κ3) is 10.6. The second-order valence-corrected chi connectivity index (χ2v) is 19.1. The van der Waals surface area contributed by atoms with Gasteiger partial charge in [0.2, 0.25) is 0 Å². The van der Waals surface area contributed by atoms with E-state index in [4.69, 9.17) is 51.2 Å². The summed E-state index contributed by atoms with van der Waals surface area (Å²) >= 11 is 0. The van der Waals surface area contributed by atoms with E-state index >= 15 is 0 Å². The summed E-state index contributed by atoms with van der Waals surface area (Å²) in [6, 6.07) is 52.9. The Morgan fingerprint density at radius 3 is 1.42 bits per heavy atom. The molecule has 3 heterocycles. The fourth-order valence-electron chi connectivity index (χ4n) is 5.71. The third-order valence-electron chi connectivity index (χ3n) is 8.87. The van der Waals surface area contributed by atoms with Crippen molar-refractivity contribution in [2.45, 2.75) is 25.4 Å². The fraction of sp³-hybridized carbons (Fsp3) is 0.182. The molecular weight excluding hydrogens is 823 g/mol. The molecule has 3 aliphatic rings. The number of benzene rings is 6. The van der Waals surface area contributed by atoms with Gasteiger partial charge in [-0.2, -0.15) is 0 Å². The zero-order valence-corrected chi connectivity index (χ0v) is 35.0. The van der Waals surface area contributed by atoms with Gasteiger partial charge < -0.3 is 46.7 Å². The van der Waals surface area contributed by atoms with Crippen molar-refractivity contribution in [1.29, 1.82) is 0 Å². The van der Waals surface area contributed by atoms with E-state index < -0.39 is 24.6 Å². The number of nitrogens with zero attached hydrogens (tertiary/aromatic N) is 3. The van der Waals surface area contributed by atoms with Gasteiger partial charge in [-0.05, 0) is 60.7 Å². The van der Waals surface area contributed by atoms with Crippen LogP contribution in [0.25, 0.3) is 0 Å².